The van der Waals surface area contributed by atoms with Crippen LogP contribution in [0.4, 0.5) is 5.82 Å². The summed E-state index contributed by atoms with van der Waals surface area (Å²) in [6, 6.07) is 1.78. The molecule has 0 radical (unpaired) electrons. The quantitative estimate of drug-likeness (QED) is 0.702. The van der Waals surface area contributed by atoms with Gasteiger partial charge in [-0.3, -0.25) is 9.59 Å². The van der Waals surface area contributed by atoms with Crippen LogP contribution in [0.1, 0.15) is 37.2 Å². The van der Waals surface area contributed by atoms with Crippen molar-refractivity contribution in [3.8, 4) is 0 Å². The van der Waals surface area contributed by atoms with Gasteiger partial charge < -0.3 is 14.7 Å². The van der Waals surface area contributed by atoms with Gasteiger partial charge in [-0.1, -0.05) is 13.8 Å². The standard InChI is InChI=1S/C16H25N5O2/c1-3-5-20(6-4-2)15-11-14(17-12-18-15)16(23)21-9-7-19(13-22)8-10-21/h11-13H,3-10H2,1-2H3. The van der Waals surface area contributed by atoms with Crippen LogP contribution in [-0.4, -0.2) is 71.4 Å². The monoisotopic (exact) mass is 319 g/mol. The highest BCUT2D eigenvalue weighted by molar-refractivity contribution is 5.93. The zero-order valence-electron chi connectivity index (χ0n) is 13.9. The van der Waals surface area contributed by atoms with Crippen molar-refractivity contribution in [2.45, 2.75) is 26.7 Å². The fourth-order valence-corrected chi connectivity index (χ4v) is 2.71. The number of hydrogen-bond donors (Lipinski definition) is 0. The Hall–Kier alpha value is -2.18. The van der Waals surface area contributed by atoms with E-state index in [0.29, 0.717) is 31.9 Å². The van der Waals surface area contributed by atoms with E-state index in [1.165, 1.54) is 6.33 Å². The zero-order chi connectivity index (χ0) is 16.7. The zero-order valence-corrected chi connectivity index (χ0v) is 13.9. The summed E-state index contributed by atoms with van der Waals surface area (Å²) in [7, 11) is 0. The Labute approximate surface area is 137 Å². The Morgan fingerprint density at radius 2 is 1.83 bits per heavy atom. The summed E-state index contributed by atoms with van der Waals surface area (Å²) in [5, 5.41) is 0. The molecule has 0 aromatic carbocycles. The second-order valence-electron chi connectivity index (χ2n) is 5.68. The van der Waals surface area contributed by atoms with Gasteiger partial charge in [-0.25, -0.2) is 9.97 Å². The maximum Gasteiger partial charge on any atom is 0.272 e. The molecule has 1 fully saturated rings. The first-order chi connectivity index (χ1) is 11.2. The maximum absolute atomic E-state index is 12.6. The molecular formula is C16H25N5O2. The van der Waals surface area contributed by atoms with E-state index in [-0.39, 0.29) is 5.91 Å². The van der Waals surface area contributed by atoms with Crippen LogP contribution in [0.15, 0.2) is 12.4 Å². The molecule has 0 spiro atoms. The van der Waals surface area contributed by atoms with E-state index in [0.717, 1.165) is 38.2 Å². The predicted octanol–water partition coefficient (Wildman–Crippen LogP) is 1.02. The van der Waals surface area contributed by atoms with Crippen molar-refractivity contribution in [1.29, 1.82) is 0 Å². The van der Waals surface area contributed by atoms with Crippen molar-refractivity contribution in [3.05, 3.63) is 18.1 Å². The Bertz CT molecular complexity index is 523. The molecule has 2 heterocycles. The third-order valence-electron chi connectivity index (χ3n) is 3.93. The van der Waals surface area contributed by atoms with Gasteiger partial charge >= 0.3 is 0 Å². The number of nitrogens with zero attached hydrogens (tertiary/aromatic N) is 5. The average Bonchev–Trinajstić information content (AvgIpc) is 2.61. The van der Waals surface area contributed by atoms with Gasteiger partial charge in [0.25, 0.3) is 5.91 Å². The third-order valence-corrected chi connectivity index (χ3v) is 3.93. The van der Waals surface area contributed by atoms with Crippen molar-refractivity contribution in [2.24, 2.45) is 0 Å². The number of carbonyl (C=O) groups excluding carboxylic acids is 2. The minimum absolute atomic E-state index is 0.0906. The van der Waals surface area contributed by atoms with Crippen LogP contribution in [-0.2, 0) is 4.79 Å². The number of aromatic nitrogens is 2. The molecule has 2 rings (SSSR count). The van der Waals surface area contributed by atoms with E-state index in [1.807, 2.05) is 0 Å². The summed E-state index contributed by atoms with van der Waals surface area (Å²) in [6.07, 6.45) is 4.35. The maximum atomic E-state index is 12.6. The second-order valence-corrected chi connectivity index (χ2v) is 5.68. The molecule has 7 nitrogen and oxygen atoms in total. The van der Waals surface area contributed by atoms with E-state index in [2.05, 4.69) is 28.7 Å². The Morgan fingerprint density at radius 3 is 2.39 bits per heavy atom. The highest BCUT2D eigenvalue weighted by atomic mass is 16.2. The van der Waals surface area contributed by atoms with Crippen LogP contribution in [0.2, 0.25) is 0 Å². The molecule has 2 amide bonds. The highest BCUT2D eigenvalue weighted by Gasteiger charge is 2.23. The van der Waals surface area contributed by atoms with Crippen LogP contribution in [0.25, 0.3) is 0 Å². The largest absolute Gasteiger partial charge is 0.357 e. The van der Waals surface area contributed by atoms with E-state index in [1.54, 1.807) is 15.9 Å². The molecule has 7 heteroatoms. The average molecular weight is 319 g/mol. The molecule has 126 valence electrons. The van der Waals surface area contributed by atoms with Crippen LogP contribution in [0, 0.1) is 0 Å². The molecule has 1 aromatic heterocycles. The molecule has 0 N–H and O–H groups in total. The molecule has 1 aliphatic rings. The van der Waals surface area contributed by atoms with Crippen molar-refractivity contribution in [1.82, 2.24) is 19.8 Å². The Kier molecular flexibility index (Phi) is 6.31. The highest BCUT2D eigenvalue weighted by Crippen LogP contribution is 2.14. The summed E-state index contributed by atoms with van der Waals surface area (Å²) in [6.45, 7) is 8.32. The van der Waals surface area contributed by atoms with Gasteiger partial charge in [0, 0.05) is 45.3 Å². The molecule has 1 aromatic rings. The topological polar surface area (TPSA) is 69.6 Å². The number of anilines is 1. The lowest BCUT2D eigenvalue weighted by Crippen LogP contribution is -2.48. The van der Waals surface area contributed by atoms with Gasteiger partial charge in [0.1, 0.15) is 17.8 Å². The van der Waals surface area contributed by atoms with E-state index in [9.17, 15) is 9.59 Å². The molecule has 0 atom stereocenters. The Balaban J connectivity index is 2.09. The lowest BCUT2D eigenvalue weighted by molar-refractivity contribution is -0.119. The lowest BCUT2D eigenvalue weighted by Gasteiger charge is -2.32. The lowest BCUT2D eigenvalue weighted by atomic mass is 10.2. The summed E-state index contributed by atoms with van der Waals surface area (Å²) in [5.41, 5.74) is 0.423. The first-order valence-electron chi connectivity index (χ1n) is 8.25. The van der Waals surface area contributed by atoms with Crippen LogP contribution in [0.3, 0.4) is 0 Å². The minimum atomic E-state index is -0.0906. The smallest absolute Gasteiger partial charge is 0.272 e. The molecule has 23 heavy (non-hydrogen) atoms. The van der Waals surface area contributed by atoms with Crippen LogP contribution in [0.5, 0.6) is 0 Å². The SMILES string of the molecule is CCCN(CCC)c1cc(C(=O)N2CCN(C=O)CC2)ncn1. The number of hydrogen-bond acceptors (Lipinski definition) is 5. The second kappa shape index (κ2) is 8.45. The predicted molar refractivity (Wildman–Crippen MR) is 88.4 cm³/mol. The number of piperazine rings is 1. The van der Waals surface area contributed by atoms with Gasteiger partial charge in [0.2, 0.25) is 6.41 Å². The van der Waals surface area contributed by atoms with Gasteiger partial charge in [0.15, 0.2) is 0 Å². The van der Waals surface area contributed by atoms with Crippen molar-refractivity contribution in [3.63, 3.8) is 0 Å². The fourth-order valence-electron chi connectivity index (χ4n) is 2.71. The van der Waals surface area contributed by atoms with Crippen molar-refractivity contribution >= 4 is 18.1 Å². The summed E-state index contributed by atoms with van der Waals surface area (Å²) in [4.78, 5) is 37.4. The van der Waals surface area contributed by atoms with E-state index >= 15 is 0 Å². The molecule has 0 unspecified atom stereocenters. The normalized spacial score (nSPS) is 14.7. The van der Waals surface area contributed by atoms with Crippen LogP contribution < -0.4 is 4.90 Å². The molecule has 0 bridgehead atoms. The van der Waals surface area contributed by atoms with Crippen molar-refractivity contribution in [2.75, 3.05) is 44.2 Å². The van der Waals surface area contributed by atoms with Gasteiger partial charge in [-0.05, 0) is 12.8 Å². The summed E-state index contributed by atoms with van der Waals surface area (Å²) >= 11 is 0. The first-order valence-corrected chi connectivity index (χ1v) is 8.25. The van der Waals surface area contributed by atoms with E-state index < -0.39 is 0 Å². The Morgan fingerprint density at radius 1 is 1.17 bits per heavy atom. The number of rotatable bonds is 7. The fraction of sp³-hybridized carbons (Fsp3) is 0.625. The van der Waals surface area contributed by atoms with Gasteiger partial charge in [0.05, 0.1) is 0 Å². The molecule has 0 saturated carbocycles. The van der Waals surface area contributed by atoms with Crippen molar-refractivity contribution < 1.29 is 9.59 Å². The molecular weight excluding hydrogens is 294 g/mol. The molecule has 0 aliphatic carbocycles. The molecule has 1 aliphatic heterocycles. The number of amides is 2. The minimum Gasteiger partial charge on any atom is -0.357 e. The summed E-state index contributed by atoms with van der Waals surface area (Å²) < 4.78 is 0. The molecule has 1 saturated heterocycles. The van der Waals surface area contributed by atoms with Crippen LogP contribution >= 0.6 is 0 Å². The van der Waals surface area contributed by atoms with Gasteiger partial charge in [-0.2, -0.15) is 0 Å². The first kappa shape index (κ1) is 17.2. The summed E-state index contributed by atoms with van der Waals surface area (Å²) in [5.74, 6) is 0.714. The van der Waals surface area contributed by atoms with E-state index in [4.69, 9.17) is 0 Å². The third kappa shape index (κ3) is 4.40. The number of carbonyl (C=O) groups is 2. The van der Waals surface area contributed by atoms with Gasteiger partial charge in [-0.15, -0.1) is 0 Å².